The molecule has 1 atom stereocenters. The second-order valence-corrected chi connectivity index (χ2v) is 6.10. The van der Waals surface area contributed by atoms with Gasteiger partial charge in [-0.25, -0.2) is 19.0 Å². The molecule has 9 heteroatoms. The van der Waals surface area contributed by atoms with Crippen molar-refractivity contribution in [2.45, 2.75) is 19.1 Å². The Bertz CT molecular complexity index is 901. The number of aliphatic hydroxyl groups is 1. The van der Waals surface area contributed by atoms with Gasteiger partial charge in [-0.05, 0) is 18.1 Å². The summed E-state index contributed by atoms with van der Waals surface area (Å²) in [4.78, 5) is 10.5. The van der Waals surface area contributed by atoms with E-state index < -0.39 is 5.82 Å². The van der Waals surface area contributed by atoms with E-state index in [1.807, 2.05) is 4.90 Å². The predicted octanol–water partition coefficient (Wildman–Crippen LogP) is 1.63. The van der Waals surface area contributed by atoms with Crippen LogP contribution in [0.2, 0.25) is 5.02 Å². The molecule has 2 aromatic heterocycles. The molecule has 3 heterocycles. The molecule has 0 aliphatic carbocycles. The van der Waals surface area contributed by atoms with E-state index in [1.165, 1.54) is 12.4 Å². The smallest absolute Gasteiger partial charge is 0.184 e. The predicted molar refractivity (Wildman–Crippen MR) is 86.5 cm³/mol. The number of fused-ring (bicyclic) bond motifs is 1. The Hall–Kier alpha value is -2.32. The fraction of sp³-hybridized carbons (Fsp3) is 0.333. The molecule has 7 nitrogen and oxygen atoms in total. The third kappa shape index (κ3) is 2.57. The number of anilines is 1. The summed E-state index contributed by atoms with van der Waals surface area (Å²) in [5.74, 6) is 0.174. The zero-order valence-electron chi connectivity index (χ0n) is 12.6. The lowest BCUT2D eigenvalue weighted by Gasteiger charge is -2.15. The number of rotatable bonds is 3. The molecule has 0 radical (unpaired) electrons. The lowest BCUT2D eigenvalue weighted by molar-refractivity contribution is 0.198. The normalized spacial score (nSPS) is 17.8. The van der Waals surface area contributed by atoms with E-state index >= 15 is 0 Å². The van der Waals surface area contributed by atoms with E-state index in [0.717, 1.165) is 0 Å². The van der Waals surface area contributed by atoms with Crippen LogP contribution in [-0.2, 0) is 6.54 Å². The van der Waals surface area contributed by atoms with Gasteiger partial charge >= 0.3 is 0 Å². The number of aliphatic hydroxyl groups excluding tert-OH is 1. The number of benzene rings is 1. The molecule has 124 valence electrons. The summed E-state index contributed by atoms with van der Waals surface area (Å²) in [7, 11) is 0. The van der Waals surface area contributed by atoms with Crippen LogP contribution in [0.1, 0.15) is 12.0 Å². The molecule has 1 aromatic carbocycles. The Morgan fingerprint density at radius 3 is 3.00 bits per heavy atom. The Labute approximate surface area is 141 Å². The van der Waals surface area contributed by atoms with Crippen molar-refractivity contribution in [2.75, 3.05) is 18.0 Å². The second-order valence-electron chi connectivity index (χ2n) is 5.72. The van der Waals surface area contributed by atoms with E-state index in [9.17, 15) is 9.50 Å². The van der Waals surface area contributed by atoms with Gasteiger partial charge in [-0.3, -0.25) is 0 Å². The van der Waals surface area contributed by atoms with Crippen LogP contribution >= 0.6 is 11.6 Å². The summed E-state index contributed by atoms with van der Waals surface area (Å²) >= 11 is 6.01. The number of hydrogen-bond acceptors (Lipinski definition) is 6. The maximum absolute atomic E-state index is 13.6. The van der Waals surface area contributed by atoms with Gasteiger partial charge in [0.2, 0.25) is 0 Å². The highest BCUT2D eigenvalue weighted by atomic mass is 35.5. The number of aromatic nitrogens is 5. The average molecular weight is 349 g/mol. The Balaban J connectivity index is 1.72. The van der Waals surface area contributed by atoms with Crippen LogP contribution in [0.15, 0.2) is 24.5 Å². The topological polar surface area (TPSA) is 80.0 Å². The second kappa shape index (κ2) is 5.95. The fourth-order valence-electron chi connectivity index (χ4n) is 2.88. The molecule has 1 N–H and O–H groups in total. The summed E-state index contributed by atoms with van der Waals surface area (Å²) in [5, 5.41) is 18.1. The number of halogens is 2. The quantitative estimate of drug-likeness (QED) is 0.775. The molecule has 0 unspecified atom stereocenters. The third-order valence-corrected chi connectivity index (χ3v) is 4.52. The van der Waals surface area contributed by atoms with Crippen molar-refractivity contribution in [2.24, 2.45) is 0 Å². The van der Waals surface area contributed by atoms with Gasteiger partial charge in [0.15, 0.2) is 17.0 Å². The van der Waals surface area contributed by atoms with Crippen molar-refractivity contribution in [3.05, 3.63) is 40.9 Å². The number of β-amino-alcohol motifs (C(OH)–C–C–N with tert-alkyl or cyclic N) is 1. The van der Waals surface area contributed by atoms with Gasteiger partial charge in [0.25, 0.3) is 0 Å². The molecule has 1 saturated heterocycles. The number of nitrogens with zero attached hydrogens (tertiary/aromatic N) is 6. The van der Waals surface area contributed by atoms with Crippen LogP contribution in [0, 0.1) is 5.82 Å². The van der Waals surface area contributed by atoms with Crippen molar-refractivity contribution >= 4 is 28.6 Å². The van der Waals surface area contributed by atoms with Gasteiger partial charge in [-0.15, -0.1) is 5.10 Å². The molecule has 0 spiro atoms. The lowest BCUT2D eigenvalue weighted by atomic mass is 10.2. The zero-order valence-corrected chi connectivity index (χ0v) is 13.4. The molecule has 0 amide bonds. The minimum atomic E-state index is -0.472. The van der Waals surface area contributed by atoms with Crippen molar-refractivity contribution < 1.29 is 9.50 Å². The first-order chi connectivity index (χ1) is 11.6. The summed E-state index contributed by atoms with van der Waals surface area (Å²) in [6, 6.07) is 4.64. The minimum Gasteiger partial charge on any atom is -0.391 e. The van der Waals surface area contributed by atoms with Gasteiger partial charge in [0.1, 0.15) is 12.1 Å². The molecule has 4 rings (SSSR count). The summed E-state index contributed by atoms with van der Waals surface area (Å²) in [6.45, 7) is 1.47. The highest BCUT2D eigenvalue weighted by Gasteiger charge is 2.25. The van der Waals surface area contributed by atoms with Gasteiger partial charge in [-0.2, -0.15) is 0 Å². The Morgan fingerprint density at radius 2 is 2.21 bits per heavy atom. The molecule has 0 bridgehead atoms. The first-order valence-electron chi connectivity index (χ1n) is 7.53. The van der Waals surface area contributed by atoms with Crippen LogP contribution in [0.4, 0.5) is 10.2 Å². The van der Waals surface area contributed by atoms with E-state index in [0.29, 0.717) is 42.1 Å². The van der Waals surface area contributed by atoms with E-state index in [2.05, 4.69) is 20.3 Å². The molecule has 24 heavy (non-hydrogen) atoms. The van der Waals surface area contributed by atoms with Crippen molar-refractivity contribution in [1.29, 1.82) is 0 Å². The van der Waals surface area contributed by atoms with Gasteiger partial charge < -0.3 is 10.0 Å². The van der Waals surface area contributed by atoms with Crippen LogP contribution in [-0.4, -0.2) is 49.3 Å². The first-order valence-corrected chi connectivity index (χ1v) is 7.91. The molecule has 0 saturated carbocycles. The minimum absolute atomic E-state index is 0.0677. The summed E-state index contributed by atoms with van der Waals surface area (Å²) in [5.41, 5.74) is 1.70. The van der Waals surface area contributed by atoms with Crippen LogP contribution in [0.3, 0.4) is 0 Å². The zero-order chi connectivity index (χ0) is 16.7. The highest BCUT2D eigenvalue weighted by Crippen LogP contribution is 2.26. The Morgan fingerprint density at radius 1 is 1.33 bits per heavy atom. The number of hydrogen-bond donors (Lipinski definition) is 1. The molecule has 1 aliphatic rings. The molecule has 1 fully saturated rings. The largest absolute Gasteiger partial charge is 0.391 e. The maximum Gasteiger partial charge on any atom is 0.184 e. The lowest BCUT2D eigenvalue weighted by Crippen LogP contribution is -2.22. The van der Waals surface area contributed by atoms with Gasteiger partial charge in [0, 0.05) is 13.1 Å². The average Bonchev–Trinajstić information content (AvgIpc) is 3.18. The molecular weight excluding hydrogens is 335 g/mol. The standard InChI is InChI=1S/C15H14ClFN6O/c16-12-9(2-1-3-11(12)17)6-23-15-13(20-21-23)14(18-8-19-15)22-5-4-10(24)7-22/h1-3,8,10,24H,4-7H2/t10-/m0/s1. The van der Waals surface area contributed by atoms with Crippen LogP contribution in [0.25, 0.3) is 11.2 Å². The summed E-state index contributed by atoms with van der Waals surface area (Å²) in [6.07, 6.45) is 1.77. The molecule has 3 aromatic rings. The van der Waals surface area contributed by atoms with Crippen LogP contribution < -0.4 is 4.90 Å². The van der Waals surface area contributed by atoms with E-state index in [-0.39, 0.29) is 17.7 Å². The third-order valence-electron chi connectivity index (χ3n) is 4.10. The van der Waals surface area contributed by atoms with E-state index in [1.54, 1.807) is 16.8 Å². The first kappa shape index (κ1) is 15.2. The Kier molecular flexibility index (Phi) is 3.78. The van der Waals surface area contributed by atoms with Gasteiger partial charge in [0.05, 0.1) is 17.7 Å². The van der Waals surface area contributed by atoms with Crippen molar-refractivity contribution in [3.63, 3.8) is 0 Å². The molecular formula is C15H14ClFN6O. The van der Waals surface area contributed by atoms with Gasteiger partial charge in [-0.1, -0.05) is 28.9 Å². The van der Waals surface area contributed by atoms with E-state index in [4.69, 9.17) is 11.6 Å². The fourth-order valence-corrected chi connectivity index (χ4v) is 3.07. The van der Waals surface area contributed by atoms with Crippen LogP contribution in [0.5, 0.6) is 0 Å². The SMILES string of the molecule is O[C@H]1CCN(c2ncnc3c2nnn3Cc2cccc(F)c2Cl)C1. The summed E-state index contributed by atoms with van der Waals surface area (Å²) < 4.78 is 15.2. The van der Waals surface area contributed by atoms with Crippen molar-refractivity contribution in [1.82, 2.24) is 25.0 Å². The molecule has 1 aliphatic heterocycles. The van der Waals surface area contributed by atoms with Crippen molar-refractivity contribution in [3.8, 4) is 0 Å². The monoisotopic (exact) mass is 348 g/mol. The maximum atomic E-state index is 13.6. The highest BCUT2D eigenvalue weighted by molar-refractivity contribution is 6.31.